The van der Waals surface area contributed by atoms with E-state index in [0.29, 0.717) is 5.39 Å². The van der Waals surface area contributed by atoms with Gasteiger partial charge in [-0.2, -0.15) is 0 Å². The van der Waals surface area contributed by atoms with E-state index >= 15 is 0 Å². The van der Waals surface area contributed by atoms with Crippen LogP contribution in [-0.4, -0.2) is 9.97 Å². The van der Waals surface area contributed by atoms with Crippen molar-refractivity contribution in [3.63, 3.8) is 0 Å². The van der Waals surface area contributed by atoms with E-state index in [1.807, 2.05) is 85.0 Å². The van der Waals surface area contributed by atoms with Gasteiger partial charge in [-0.15, -0.1) is 0 Å². The van der Waals surface area contributed by atoms with Gasteiger partial charge in [0, 0.05) is 23.5 Å². The summed E-state index contributed by atoms with van der Waals surface area (Å²) in [5.41, 5.74) is 4.72. The summed E-state index contributed by atoms with van der Waals surface area (Å²) in [4.78, 5) is 18.8. The van der Waals surface area contributed by atoms with Gasteiger partial charge in [0.05, 0.1) is 5.39 Å². The molecule has 0 aliphatic rings. The van der Waals surface area contributed by atoms with Crippen LogP contribution in [0.5, 0.6) is 0 Å². The van der Waals surface area contributed by atoms with E-state index in [4.69, 9.17) is 0 Å². The first-order chi connectivity index (χ1) is 12.8. The second-order valence-electron chi connectivity index (χ2n) is 6.03. The van der Waals surface area contributed by atoms with E-state index in [1.165, 1.54) is 0 Å². The Labute approximate surface area is 151 Å². The zero-order valence-corrected chi connectivity index (χ0v) is 14.1. The average Bonchev–Trinajstić information content (AvgIpc) is 3.05. The van der Waals surface area contributed by atoms with Gasteiger partial charge in [-0.3, -0.25) is 4.79 Å². The SMILES string of the molecule is O=c1cc[nH]c2[nH]c(/C=C/c3ccccc3)c(/C=C/c3ccccc3)c12. The van der Waals surface area contributed by atoms with Gasteiger partial charge in [-0.25, -0.2) is 0 Å². The number of hydrogen-bond acceptors (Lipinski definition) is 1. The van der Waals surface area contributed by atoms with Crippen molar-refractivity contribution in [2.45, 2.75) is 0 Å². The summed E-state index contributed by atoms with van der Waals surface area (Å²) >= 11 is 0. The molecule has 0 spiro atoms. The fraction of sp³-hybridized carbons (Fsp3) is 0. The number of nitrogens with one attached hydrogen (secondary N) is 2. The molecule has 3 nitrogen and oxygen atoms in total. The molecular weight excluding hydrogens is 320 g/mol. The molecule has 0 unspecified atom stereocenters. The van der Waals surface area contributed by atoms with Crippen LogP contribution in [-0.2, 0) is 0 Å². The number of benzene rings is 2. The maximum atomic E-state index is 12.4. The Bertz CT molecular complexity index is 1130. The van der Waals surface area contributed by atoms with Crippen molar-refractivity contribution in [1.29, 1.82) is 0 Å². The highest BCUT2D eigenvalue weighted by Crippen LogP contribution is 2.22. The van der Waals surface area contributed by atoms with Gasteiger partial charge in [0.2, 0.25) is 0 Å². The molecule has 4 aromatic rings. The summed E-state index contributed by atoms with van der Waals surface area (Å²) in [7, 11) is 0. The third-order valence-corrected chi connectivity index (χ3v) is 4.26. The van der Waals surface area contributed by atoms with Crippen LogP contribution in [0.3, 0.4) is 0 Å². The normalized spacial score (nSPS) is 11.7. The van der Waals surface area contributed by atoms with Gasteiger partial charge in [0.25, 0.3) is 0 Å². The molecule has 126 valence electrons. The molecule has 0 fully saturated rings. The van der Waals surface area contributed by atoms with E-state index in [9.17, 15) is 4.79 Å². The first-order valence-corrected chi connectivity index (χ1v) is 8.51. The summed E-state index contributed by atoms with van der Waals surface area (Å²) < 4.78 is 0. The van der Waals surface area contributed by atoms with Crippen molar-refractivity contribution in [3.05, 3.63) is 106 Å². The third-order valence-electron chi connectivity index (χ3n) is 4.26. The van der Waals surface area contributed by atoms with Gasteiger partial charge in [0.15, 0.2) is 5.43 Å². The molecule has 4 rings (SSSR count). The minimum Gasteiger partial charge on any atom is -0.347 e. The summed E-state index contributed by atoms with van der Waals surface area (Å²) in [6.45, 7) is 0. The first-order valence-electron chi connectivity index (χ1n) is 8.51. The fourth-order valence-electron chi connectivity index (χ4n) is 2.97. The predicted octanol–water partition coefficient (Wildman–Crippen LogP) is 5.20. The molecule has 0 aliphatic heterocycles. The smallest absolute Gasteiger partial charge is 0.191 e. The van der Waals surface area contributed by atoms with Crippen LogP contribution < -0.4 is 5.43 Å². The number of rotatable bonds is 4. The van der Waals surface area contributed by atoms with Gasteiger partial charge in [0.1, 0.15) is 5.65 Å². The lowest BCUT2D eigenvalue weighted by Gasteiger charge is -1.96. The summed E-state index contributed by atoms with van der Waals surface area (Å²) in [5, 5.41) is 0.674. The number of fused-ring (bicyclic) bond motifs is 1. The molecule has 0 bridgehead atoms. The van der Waals surface area contributed by atoms with Crippen LogP contribution in [0, 0.1) is 0 Å². The van der Waals surface area contributed by atoms with Crippen molar-refractivity contribution in [1.82, 2.24) is 9.97 Å². The molecule has 2 aromatic heterocycles. The minimum absolute atomic E-state index is 0.00192. The maximum Gasteiger partial charge on any atom is 0.191 e. The summed E-state index contributed by atoms with van der Waals surface area (Å²) in [5.74, 6) is 0. The maximum absolute atomic E-state index is 12.4. The molecule has 0 atom stereocenters. The molecule has 3 heteroatoms. The lowest BCUT2D eigenvalue weighted by molar-refractivity contribution is 1.30. The predicted molar refractivity (Wildman–Crippen MR) is 110 cm³/mol. The number of H-pyrrole nitrogens is 2. The Kier molecular flexibility index (Phi) is 4.35. The number of aromatic nitrogens is 2. The van der Waals surface area contributed by atoms with Crippen LogP contribution in [0.25, 0.3) is 35.3 Å². The molecule has 0 amide bonds. The minimum atomic E-state index is 0.00192. The van der Waals surface area contributed by atoms with Crippen molar-refractivity contribution in [2.24, 2.45) is 0 Å². The van der Waals surface area contributed by atoms with Gasteiger partial charge in [-0.1, -0.05) is 78.9 Å². The van der Waals surface area contributed by atoms with Crippen molar-refractivity contribution in [2.75, 3.05) is 0 Å². The Balaban J connectivity index is 1.82. The molecule has 0 aliphatic carbocycles. The molecule has 0 saturated carbocycles. The fourth-order valence-corrected chi connectivity index (χ4v) is 2.97. The first kappa shape index (κ1) is 15.9. The number of pyridine rings is 1. The van der Waals surface area contributed by atoms with Crippen molar-refractivity contribution >= 4 is 35.3 Å². The second-order valence-corrected chi connectivity index (χ2v) is 6.03. The largest absolute Gasteiger partial charge is 0.347 e. The Hall–Kier alpha value is -3.59. The Morgan fingerprint density at radius 2 is 1.31 bits per heavy atom. The number of aromatic amines is 2. The molecule has 2 N–H and O–H groups in total. The van der Waals surface area contributed by atoms with Gasteiger partial charge >= 0.3 is 0 Å². The standard InChI is InChI=1S/C23H18N2O/c26-21-15-16-24-23-22(21)19(13-11-17-7-3-1-4-8-17)20(25-23)14-12-18-9-5-2-6-10-18/h1-16H,(H2,24,25,26)/b13-11+,14-12+. The van der Waals surface area contributed by atoms with Gasteiger partial charge < -0.3 is 9.97 Å². The van der Waals surface area contributed by atoms with Crippen molar-refractivity contribution < 1.29 is 0 Å². The zero-order valence-electron chi connectivity index (χ0n) is 14.1. The average molecular weight is 338 g/mol. The summed E-state index contributed by atoms with van der Waals surface area (Å²) in [6, 6.07) is 21.7. The highest BCUT2D eigenvalue weighted by molar-refractivity contribution is 5.94. The summed E-state index contributed by atoms with van der Waals surface area (Å²) in [6.07, 6.45) is 9.72. The quantitative estimate of drug-likeness (QED) is 0.528. The molecule has 2 heterocycles. The van der Waals surface area contributed by atoms with Gasteiger partial charge in [-0.05, 0) is 17.2 Å². The monoisotopic (exact) mass is 338 g/mol. The Morgan fingerprint density at radius 3 is 1.96 bits per heavy atom. The molecular formula is C23H18N2O. The second kappa shape index (κ2) is 7.11. The number of hydrogen-bond donors (Lipinski definition) is 2. The highest BCUT2D eigenvalue weighted by Gasteiger charge is 2.10. The van der Waals surface area contributed by atoms with Crippen LogP contribution in [0.2, 0.25) is 0 Å². The molecule has 2 aromatic carbocycles. The lowest BCUT2D eigenvalue weighted by atomic mass is 10.1. The zero-order chi connectivity index (χ0) is 17.8. The van der Waals surface area contributed by atoms with Crippen LogP contribution in [0.4, 0.5) is 0 Å². The Morgan fingerprint density at radius 1 is 0.692 bits per heavy atom. The van der Waals surface area contributed by atoms with E-state index in [0.717, 1.165) is 28.0 Å². The van der Waals surface area contributed by atoms with E-state index in [2.05, 4.69) is 9.97 Å². The molecule has 0 saturated heterocycles. The topological polar surface area (TPSA) is 48.6 Å². The van der Waals surface area contributed by atoms with E-state index < -0.39 is 0 Å². The van der Waals surface area contributed by atoms with Crippen molar-refractivity contribution in [3.8, 4) is 0 Å². The van der Waals surface area contributed by atoms with Crippen LogP contribution >= 0.6 is 0 Å². The molecule has 0 radical (unpaired) electrons. The highest BCUT2D eigenvalue weighted by atomic mass is 16.1. The van der Waals surface area contributed by atoms with Crippen LogP contribution in [0.1, 0.15) is 22.4 Å². The van der Waals surface area contributed by atoms with E-state index in [1.54, 1.807) is 12.3 Å². The lowest BCUT2D eigenvalue weighted by Crippen LogP contribution is -1.99. The third kappa shape index (κ3) is 3.28. The van der Waals surface area contributed by atoms with Crippen LogP contribution in [0.15, 0.2) is 77.7 Å². The molecule has 26 heavy (non-hydrogen) atoms. The van der Waals surface area contributed by atoms with E-state index in [-0.39, 0.29) is 5.43 Å².